The Bertz CT molecular complexity index is 734. The minimum absolute atomic E-state index is 0.120. The third-order valence-corrected chi connectivity index (χ3v) is 11.7. The number of piperidine rings is 1. The highest BCUT2D eigenvalue weighted by atomic mass is 16.3. The monoisotopic (exact) mass is 413 g/mol. The first-order valence-corrected chi connectivity index (χ1v) is 13.1. The van der Waals surface area contributed by atoms with Crippen LogP contribution in [-0.4, -0.2) is 46.5 Å². The lowest BCUT2D eigenvalue weighted by molar-refractivity contribution is -0.0890. The summed E-state index contributed by atoms with van der Waals surface area (Å²) in [7, 11) is 0. The summed E-state index contributed by atoms with van der Waals surface area (Å²) in [6.07, 6.45) is 13.3. The first kappa shape index (κ1) is 20.2. The molecule has 0 aromatic carbocycles. The minimum Gasteiger partial charge on any atom is -0.396 e. The lowest BCUT2D eigenvalue weighted by atomic mass is 9.46. The number of rotatable bonds is 1. The summed E-state index contributed by atoms with van der Waals surface area (Å²) in [5, 5.41) is 21.2. The summed E-state index contributed by atoms with van der Waals surface area (Å²) in [5.41, 5.74) is 2.03. The van der Waals surface area contributed by atoms with Crippen molar-refractivity contribution >= 4 is 0 Å². The third-order valence-electron chi connectivity index (χ3n) is 11.7. The van der Waals surface area contributed by atoms with Gasteiger partial charge in [-0.25, -0.2) is 0 Å². The second kappa shape index (κ2) is 6.81. The molecule has 4 aliphatic carbocycles. The molecule has 0 aromatic rings. The van der Waals surface area contributed by atoms with Gasteiger partial charge in [-0.3, -0.25) is 4.90 Å². The van der Waals surface area contributed by atoms with Crippen LogP contribution in [0.25, 0.3) is 0 Å². The van der Waals surface area contributed by atoms with Crippen molar-refractivity contribution in [2.45, 2.75) is 96.7 Å². The molecule has 0 unspecified atom stereocenters. The molecule has 168 valence electrons. The molecule has 0 amide bonds. The molecule has 5 fully saturated rings. The molecule has 3 nitrogen and oxygen atoms in total. The van der Waals surface area contributed by atoms with E-state index in [-0.39, 0.29) is 11.5 Å². The molecule has 6 aliphatic rings. The molecule has 2 saturated heterocycles. The molecule has 2 aliphatic heterocycles. The summed E-state index contributed by atoms with van der Waals surface area (Å²) in [6, 6.07) is 1.49. The van der Waals surface area contributed by atoms with Crippen LogP contribution in [0.5, 0.6) is 0 Å². The van der Waals surface area contributed by atoms with Crippen molar-refractivity contribution in [3.63, 3.8) is 0 Å². The van der Waals surface area contributed by atoms with Crippen LogP contribution in [0.3, 0.4) is 0 Å². The van der Waals surface area contributed by atoms with Gasteiger partial charge in [0.15, 0.2) is 0 Å². The van der Waals surface area contributed by atoms with Crippen LogP contribution in [0.2, 0.25) is 0 Å². The number of nitrogens with zero attached hydrogens (tertiary/aromatic N) is 1. The minimum atomic E-state index is -0.120. The smallest absolute Gasteiger partial charge is 0.0577 e. The number of allylic oxidation sites excluding steroid dienone is 1. The largest absolute Gasteiger partial charge is 0.396 e. The molecule has 3 heteroatoms. The quantitative estimate of drug-likeness (QED) is 0.616. The van der Waals surface area contributed by atoms with E-state index in [1.807, 2.05) is 0 Å². The van der Waals surface area contributed by atoms with Crippen molar-refractivity contribution in [3.05, 3.63) is 11.6 Å². The average Bonchev–Trinajstić information content (AvgIpc) is 3.22. The number of aliphatic hydroxyl groups is 2. The predicted octanol–water partition coefficient (Wildman–Crippen LogP) is 4.63. The van der Waals surface area contributed by atoms with Crippen molar-refractivity contribution < 1.29 is 10.2 Å². The van der Waals surface area contributed by atoms with E-state index in [0.29, 0.717) is 23.9 Å². The highest BCUT2D eigenvalue weighted by molar-refractivity contribution is 5.27. The fraction of sp³-hybridized carbons (Fsp3) is 0.926. The standard InChI is InChI=1S/C27H43NO2/c1-16-4-7-23-17(2)25-24(28(23)14-16)13-22-20-6-5-18-12-19(30)8-10-26(18,3)21(20)9-11-27(22,25)15-29/h5,16-17,19-25,29-30H,4,6-15H2,1-3H3/t16-,17+,19+,20-,21+,22+,23+,24+,25+,26+,27-/m1/s1. The van der Waals surface area contributed by atoms with Crippen molar-refractivity contribution in [3.8, 4) is 0 Å². The van der Waals surface area contributed by atoms with Crippen LogP contribution in [0.4, 0.5) is 0 Å². The van der Waals surface area contributed by atoms with E-state index >= 15 is 0 Å². The van der Waals surface area contributed by atoms with Crippen LogP contribution in [0.1, 0.15) is 78.6 Å². The Morgan fingerprint density at radius 1 is 1.07 bits per heavy atom. The Morgan fingerprint density at radius 3 is 2.70 bits per heavy atom. The van der Waals surface area contributed by atoms with Gasteiger partial charge >= 0.3 is 0 Å². The maximum atomic E-state index is 11.0. The van der Waals surface area contributed by atoms with Gasteiger partial charge in [-0.15, -0.1) is 0 Å². The first-order chi connectivity index (χ1) is 14.4. The van der Waals surface area contributed by atoms with Gasteiger partial charge in [-0.2, -0.15) is 0 Å². The Labute approximate surface area is 183 Å². The summed E-state index contributed by atoms with van der Waals surface area (Å²) < 4.78 is 0. The molecular weight excluding hydrogens is 370 g/mol. The maximum Gasteiger partial charge on any atom is 0.0577 e. The maximum absolute atomic E-state index is 11.0. The first-order valence-electron chi connectivity index (χ1n) is 13.1. The highest BCUT2D eigenvalue weighted by Crippen LogP contribution is 2.69. The molecule has 2 heterocycles. The zero-order chi connectivity index (χ0) is 20.8. The lowest BCUT2D eigenvalue weighted by Crippen LogP contribution is -2.53. The second-order valence-electron chi connectivity index (χ2n) is 12.7. The second-order valence-corrected chi connectivity index (χ2v) is 12.7. The predicted molar refractivity (Wildman–Crippen MR) is 120 cm³/mol. The van der Waals surface area contributed by atoms with Gasteiger partial charge in [0, 0.05) is 30.7 Å². The van der Waals surface area contributed by atoms with Crippen molar-refractivity contribution in [1.82, 2.24) is 4.90 Å². The van der Waals surface area contributed by atoms with Crippen molar-refractivity contribution in [1.29, 1.82) is 0 Å². The van der Waals surface area contributed by atoms with Gasteiger partial charge in [-0.1, -0.05) is 32.4 Å². The summed E-state index contributed by atoms with van der Waals surface area (Å²) >= 11 is 0. The topological polar surface area (TPSA) is 43.7 Å². The van der Waals surface area contributed by atoms with Gasteiger partial charge in [0.2, 0.25) is 0 Å². The fourth-order valence-corrected chi connectivity index (χ4v) is 10.4. The molecule has 6 rings (SSSR count). The van der Waals surface area contributed by atoms with Crippen LogP contribution >= 0.6 is 0 Å². The number of aliphatic hydroxyl groups excluding tert-OH is 2. The molecule has 11 atom stereocenters. The van der Waals surface area contributed by atoms with E-state index in [9.17, 15) is 10.2 Å². The molecule has 3 saturated carbocycles. The van der Waals surface area contributed by atoms with Crippen LogP contribution in [0, 0.1) is 46.3 Å². The van der Waals surface area contributed by atoms with Crippen LogP contribution in [-0.2, 0) is 0 Å². The number of hydrogen-bond donors (Lipinski definition) is 2. The average molecular weight is 414 g/mol. The normalized spacial score (nSPS) is 57.6. The summed E-state index contributed by atoms with van der Waals surface area (Å²) in [6.45, 7) is 9.20. The Hall–Kier alpha value is -0.380. The van der Waals surface area contributed by atoms with E-state index in [1.54, 1.807) is 5.57 Å². The molecule has 0 aromatic heterocycles. The van der Waals surface area contributed by atoms with Crippen LogP contribution < -0.4 is 0 Å². The number of hydrogen-bond acceptors (Lipinski definition) is 3. The van der Waals surface area contributed by atoms with Gasteiger partial charge in [-0.05, 0) is 98.7 Å². The molecular formula is C27H43NO2. The van der Waals surface area contributed by atoms with Gasteiger partial charge in [0.25, 0.3) is 0 Å². The zero-order valence-electron chi connectivity index (χ0n) is 19.4. The highest BCUT2D eigenvalue weighted by Gasteiger charge is 2.67. The molecule has 0 bridgehead atoms. The Morgan fingerprint density at radius 2 is 1.90 bits per heavy atom. The summed E-state index contributed by atoms with van der Waals surface area (Å²) in [5.74, 6) is 4.48. The van der Waals surface area contributed by atoms with E-state index in [2.05, 4.69) is 31.7 Å². The van der Waals surface area contributed by atoms with E-state index in [1.165, 1.54) is 45.1 Å². The van der Waals surface area contributed by atoms with Crippen LogP contribution in [0.15, 0.2) is 11.6 Å². The Kier molecular flexibility index (Phi) is 4.60. The van der Waals surface area contributed by atoms with E-state index in [0.717, 1.165) is 55.0 Å². The molecule has 30 heavy (non-hydrogen) atoms. The van der Waals surface area contributed by atoms with E-state index < -0.39 is 0 Å². The molecule has 0 radical (unpaired) electrons. The SMILES string of the molecule is C[C@@H]1CC[C@H]2[C@H](C)[C@H]3[C@H](C[C@H]4[C@@H]5CC=C6C[C@@H](O)CC[C@]6(C)[C@H]5CC[C@]34CO)N2C1. The van der Waals surface area contributed by atoms with E-state index in [4.69, 9.17) is 0 Å². The fourth-order valence-electron chi connectivity index (χ4n) is 10.4. The number of fused-ring (bicyclic) bond motifs is 9. The lowest BCUT2D eigenvalue weighted by Gasteiger charge is -2.58. The molecule has 0 spiro atoms. The van der Waals surface area contributed by atoms with Crippen molar-refractivity contribution in [2.24, 2.45) is 46.3 Å². The molecule has 2 N–H and O–H groups in total. The van der Waals surface area contributed by atoms with Gasteiger partial charge < -0.3 is 10.2 Å². The van der Waals surface area contributed by atoms with Gasteiger partial charge in [0.05, 0.1) is 6.10 Å². The van der Waals surface area contributed by atoms with Crippen molar-refractivity contribution in [2.75, 3.05) is 13.2 Å². The third kappa shape index (κ3) is 2.49. The Balaban J connectivity index is 1.35. The van der Waals surface area contributed by atoms with Gasteiger partial charge in [0.1, 0.15) is 0 Å². The zero-order valence-corrected chi connectivity index (χ0v) is 19.4. The summed E-state index contributed by atoms with van der Waals surface area (Å²) in [4.78, 5) is 2.93.